The topological polar surface area (TPSA) is 24.9 Å². The van der Waals surface area contributed by atoms with Crippen LogP contribution >= 0.6 is 22.9 Å². The van der Waals surface area contributed by atoms with E-state index in [2.05, 4.69) is 21.8 Å². The zero-order chi connectivity index (χ0) is 9.26. The van der Waals surface area contributed by atoms with Gasteiger partial charge < -0.3 is 5.32 Å². The second kappa shape index (κ2) is 3.78. The molecule has 0 fully saturated rings. The van der Waals surface area contributed by atoms with E-state index in [0.29, 0.717) is 0 Å². The Morgan fingerprint density at radius 2 is 2.54 bits per heavy atom. The molecule has 1 N–H and O–H groups in total. The number of halogens is 1. The smallest absolute Gasteiger partial charge is 0.120 e. The first-order valence-corrected chi connectivity index (χ1v) is 5.55. The lowest BCUT2D eigenvalue weighted by atomic mass is 10.1. The van der Waals surface area contributed by atoms with Crippen molar-refractivity contribution in [1.29, 1.82) is 0 Å². The molecular formula is C9H11ClN2S. The quantitative estimate of drug-likeness (QED) is 0.724. The minimum absolute atomic E-state index is 0.105. The molecule has 0 saturated heterocycles. The lowest BCUT2D eigenvalue weighted by molar-refractivity contribution is 0.743. The average molecular weight is 215 g/mol. The number of aromatic nitrogens is 1. The largest absolute Gasteiger partial charge is 0.311 e. The maximum atomic E-state index is 6.01. The van der Waals surface area contributed by atoms with Crippen LogP contribution in [0, 0.1) is 6.92 Å². The average Bonchev–Trinajstić information content (AvgIpc) is 2.52. The summed E-state index contributed by atoms with van der Waals surface area (Å²) in [5, 5.41) is 6.52. The Hall–Kier alpha value is -0.380. The van der Waals surface area contributed by atoms with E-state index in [-0.39, 0.29) is 5.38 Å². The van der Waals surface area contributed by atoms with Gasteiger partial charge in [0.15, 0.2) is 0 Å². The van der Waals surface area contributed by atoms with Crippen LogP contribution in [0.25, 0.3) is 5.57 Å². The van der Waals surface area contributed by atoms with Crippen molar-refractivity contribution in [3.63, 3.8) is 0 Å². The number of hydrogen-bond donors (Lipinski definition) is 1. The first kappa shape index (κ1) is 9.19. The summed E-state index contributed by atoms with van der Waals surface area (Å²) in [6.07, 6.45) is 2.09. The monoisotopic (exact) mass is 214 g/mol. The fourth-order valence-corrected chi connectivity index (χ4v) is 2.41. The Balaban J connectivity index is 2.25. The maximum Gasteiger partial charge on any atom is 0.120 e. The van der Waals surface area contributed by atoms with Crippen LogP contribution in [0.4, 0.5) is 0 Å². The summed E-state index contributed by atoms with van der Waals surface area (Å²) < 4.78 is 0. The molecule has 13 heavy (non-hydrogen) atoms. The Morgan fingerprint density at radius 1 is 1.69 bits per heavy atom. The van der Waals surface area contributed by atoms with Crippen LogP contribution in [-0.4, -0.2) is 23.5 Å². The van der Waals surface area contributed by atoms with Crippen LogP contribution in [-0.2, 0) is 0 Å². The molecule has 2 rings (SSSR count). The SMILES string of the molecule is Cc1csc(C2=CC(Cl)CNC2)n1. The highest BCUT2D eigenvalue weighted by atomic mass is 35.5. The van der Waals surface area contributed by atoms with Crippen LogP contribution in [0.3, 0.4) is 0 Å². The van der Waals surface area contributed by atoms with Gasteiger partial charge in [-0.1, -0.05) is 6.08 Å². The summed E-state index contributed by atoms with van der Waals surface area (Å²) in [7, 11) is 0. The van der Waals surface area contributed by atoms with E-state index < -0.39 is 0 Å². The van der Waals surface area contributed by atoms with Crippen molar-refractivity contribution >= 4 is 28.5 Å². The van der Waals surface area contributed by atoms with Gasteiger partial charge in [-0.25, -0.2) is 4.98 Å². The van der Waals surface area contributed by atoms with E-state index in [4.69, 9.17) is 11.6 Å². The van der Waals surface area contributed by atoms with Gasteiger partial charge >= 0.3 is 0 Å². The van der Waals surface area contributed by atoms with Crippen LogP contribution in [0.15, 0.2) is 11.5 Å². The number of hydrogen-bond acceptors (Lipinski definition) is 3. The van der Waals surface area contributed by atoms with Crippen molar-refractivity contribution in [2.75, 3.05) is 13.1 Å². The van der Waals surface area contributed by atoms with Crippen LogP contribution < -0.4 is 5.32 Å². The third-order valence-corrected chi connectivity index (χ3v) is 3.25. The molecule has 1 atom stereocenters. The normalized spacial score (nSPS) is 22.9. The van der Waals surface area contributed by atoms with Gasteiger partial charge in [-0.3, -0.25) is 0 Å². The van der Waals surface area contributed by atoms with Crippen molar-refractivity contribution in [1.82, 2.24) is 10.3 Å². The predicted octanol–water partition coefficient (Wildman–Crippen LogP) is 2.05. The van der Waals surface area contributed by atoms with Gasteiger partial charge in [-0.05, 0) is 12.5 Å². The van der Waals surface area contributed by atoms with E-state index in [9.17, 15) is 0 Å². The molecule has 0 bridgehead atoms. The van der Waals surface area contributed by atoms with Gasteiger partial charge in [0, 0.05) is 24.2 Å². The molecule has 4 heteroatoms. The van der Waals surface area contributed by atoms with Gasteiger partial charge in [-0.15, -0.1) is 22.9 Å². The Morgan fingerprint density at radius 3 is 3.15 bits per heavy atom. The van der Waals surface area contributed by atoms with Gasteiger partial charge in [-0.2, -0.15) is 0 Å². The summed E-state index contributed by atoms with van der Waals surface area (Å²) in [6.45, 7) is 3.75. The van der Waals surface area contributed by atoms with E-state index in [1.165, 1.54) is 5.57 Å². The molecule has 70 valence electrons. The Bertz CT molecular complexity index is 332. The standard InChI is InChI=1S/C9H11ClN2S/c1-6-5-13-9(12-6)7-2-8(10)4-11-3-7/h2,5,8,11H,3-4H2,1H3. The minimum Gasteiger partial charge on any atom is -0.311 e. The van der Waals surface area contributed by atoms with Crippen molar-refractivity contribution in [3.05, 3.63) is 22.2 Å². The molecule has 2 heterocycles. The lowest BCUT2D eigenvalue weighted by Crippen LogP contribution is -2.28. The van der Waals surface area contributed by atoms with Crippen molar-refractivity contribution in [3.8, 4) is 0 Å². The van der Waals surface area contributed by atoms with E-state index in [1.54, 1.807) is 11.3 Å². The molecule has 1 aromatic rings. The number of nitrogens with one attached hydrogen (secondary N) is 1. The molecule has 1 unspecified atom stereocenters. The van der Waals surface area contributed by atoms with Crippen molar-refractivity contribution in [2.45, 2.75) is 12.3 Å². The first-order valence-electron chi connectivity index (χ1n) is 4.23. The Kier molecular flexibility index (Phi) is 2.67. The van der Waals surface area contributed by atoms with Gasteiger partial charge in [0.2, 0.25) is 0 Å². The lowest BCUT2D eigenvalue weighted by Gasteiger charge is -2.16. The highest BCUT2D eigenvalue weighted by Crippen LogP contribution is 2.22. The van der Waals surface area contributed by atoms with Crippen LogP contribution in [0.5, 0.6) is 0 Å². The zero-order valence-electron chi connectivity index (χ0n) is 7.38. The highest BCUT2D eigenvalue weighted by Gasteiger charge is 2.13. The Labute approximate surface area is 86.6 Å². The second-order valence-electron chi connectivity index (χ2n) is 3.13. The summed E-state index contributed by atoms with van der Waals surface area (Å²) in [4.78, 5) is 4.42. The second-order valence-corrected chi connectivity index (χ2v) is 4.55. The van der Waals surface area contributed by atoms with Gasteiger partial charge in [0.25, 0.3) is 0 Å². The van der Waals surface area contributed by atoms with Gasteiger partial charge in [0.1, 0.15) is 5.01 Å². The van der Waals surface area contributed by atoms with Crippen LogP contribution in [0.2, 0.25) is 0 Å². The molecule has 1 aromatic heterocycles. The van der Waals surface area contributed by atoms with E-state index >= 15 is 0 Å². The molecule has 0 saturated carbocycles. The number of aryl methyl sites for hydroxylation is 1. The first-order chi connectivity index (χ1) is 6.25. The molecule has 1 aliphatic rings. The molecule has 0 aromatic carbocycles. The third kappa shape index (κ3) is 2.10. The number of alkyl halides is 1. The van der Waals surface area contributed by atoms with Crippen molar-refractivity contribution in [2.24, 2.45) is 0 Å². The molecular weight excluding hydrogens is 204 g/mol. The number of nitrogens with zero attached hydrogens (tertiary/aromatic N) is 1. The molecule has 0 amide bonds. The summed E-state index contributed by atoms with van der Waals surface area (Å²) in [5.74, 6) is 0. The molecule has 0 spiro atoms. The summed E-state index contributed by atoms with van der Waals surface area (Å²) in [6, 6.07) is 0. The highest BCUT2D eigenvalue weighted by molar-refractivity contribution is 7.10. The fourth-order valence-electron chi connectivity index (χ4n) is 1.33. The number of rotatable bonds is 1. The van der Waals surface area contributed by atoms with Gasteiger partial charge in [0.05, 0.1) is 5.38 Å². The zero-order valence-corrected chi connectivity index (χ0v) is 8.95. The predicted molar refractivity (Wildman–Crippen MR) is 57.3 cm³/mol. The third-order valence-electron chi connectivity index (χ3n) is 1.93. The molecule has 0 aliphatic carbocycles. The number of thiazole rings is 1. The minimum atomic E-state index is 0.105. The van der Waals surface area contributed by atoms with E-state index in [0.717, 1.165) is 23.8 Å². The molecule has 2 nitrogen and oxygen atoms in total. The summed E-state index contributed by atoms with van der Waals surface area (Å²) >= 11 is 7.69. The van der Waals surface area contributed by atoms with E-state index in [1.807, 2.05) is 6.92 Å². The summed E-state index contributed by atoms with van der Waals surface area (Å²) in [5.41, 5.74) is 2.31. The van der Waals surface area contributed by atoms with Crippen molar-refractivity contribution < 1.29 is 0 Å². The maximum absolute atomic E-state index is 6.01. The fraction of sp³-hybridized carbons (Fsp3) is 0.444. The molecule has 1 aliphatic heterocycles. The van der Waals surface area contributed by atoms with Crippen LogP contribution in [0.1, 0.15) is 10.7 Å². The molecule has 0 radical (unpaired) electrons.